The highest BCUT2D eigenvalue weighted by atomic mass is 16.6. The second kappa shape index (κ2) is 8.33. The molecule has 2 aromatic carbocycles. The van der Waals surface area contributed by atoms with Crippen molar-refractivity contribution in [2.24, 2.45) is 0 Å². The average molecular weight is 313 g/mol. The fraction of sp³-hybridized carbons (Fsp3) is 0.118. The van der Waals surface area contributed by atoms with Crippen LogP contribution in [-0.2, 0) is 9.53 Å². The van der Waals surface area contributed by atoms with Crippen molar-refractivity contribution in [1.29, 1.82) is 0 Å². The van der Waals surface area contributed by atoms with Crippen molar-refractivity contribution in [3.8, 4) is 5.75 Å². The maximum Gasteiger partial charge on any atom is 0.330 e. The van der Waals surface area contributed by atoms with Crippen LogP contribution in [0.2, 0.25) is 0 Å². The van der Waals surface area contributed by atoms with Crippen molar-refractivity contribution in [2.75, 3.05) is 13.2 Å². The van der Waals surface area contributed by atoms with Gasteiger partial charge in [-0.05, 0) is 24.3 Å². The molecule has 0 atom stereocenters. The lowest BCUT2D eigenvalue weighted by molar-refractivity contribution is -0.385. The molecule has 0 amide bonds. The summed E-state index contributed by atoms with van der Waals surface area (Å²) in [5.74, 6) is 0.110. The number of esters is 1. The van der Waals surface area contributed by atoms with Crippen molar-refractivity contribution < 1.29 is 19.2 Å². The molecule has 0 N–H and O–H groups in total. The monoisotopic (exact) mass is 313 g/mol. The third kappa shape index (κ3) is 5.28. The number of carbonyl (C=O) groups excluding carboxylic acids is 1. The molecule has 0 radical (unpaired) electrons. The number of nitro groups is 1. The third-order valence-electron chi connectivity index (χ3n) is 2.87. The molecule has 0 aliphatic heterocycles. The van der Waals surface area contributed by atoms with Crippen molar-refractivity contribution in [3.63, 3.8) is 0 Å². The van der Waals surface area contributed by atoms with E-state index in [-0.39, 0.29) is 18.9 Å². The Bertz CT molecular complexity index is 697. The van der Waals surface area contributed by atoms with Crippen LogP contribution in [0, 0.1) is 10.1 Å². The van der Waals surface area contributed by atoms with E-state index in [1.54, 1.807) is 30.3 Å². The molecule has 118 valence electrons. The Morgan fingerprint density at radius 2 is 1.74 bits per heavy atom. The van der Waals surface area contributed by atoms with Gasteiger partial charge >= 0.3 is 5.97 Å². The van der Waals surface area contributed by atoms with Gasteiger partial charge in [0.15, 0.2) is 0 Å². The molecular formula is C17H15NO5. The number of carbonyl (C=O) groups is 1. The minimum Gasteiger partial charge on any atom is -0.490 e. The molecule has 0 aliphatic carbocycles. The van der Waals surface area contributed by atoms with E-state index in [4.69, 9.17) is 9.47 Å². The Morgan fingerprint density at radius 3 is 2.48 bits per heavy atom. The highest BCUT2D eigenvalue weighted by Gasteiger charge is 2.09. The molecule has 0 bridgehead atoms. The molecule has 0 unspecified atom stereocenters. The molecule has 0 saturated heterocycles. The fourth-order valence-electron chi connectivity index (χ4n) is 1.82. The Kier molecular flexibility index (Phi) is 5.88. The Balaban J connectivity index is 1.80. The van der Waals surface area contributed by atoms with Gasteiger partial charge in [0.25, 0.3) is 5.69 Å². The minimum atomic E-state index is -0.584. The largest absolute Gasteiger partial charge is 0.490 e. The van der Waals surface area contributed by atoms with Crippen LogP contribution in [-0.4, -0.2) is 24.1 Å². The highest BCUT2D eigenvalue weighted by Crippen LogP contribution is 2.18. The smallest absolute Gasteiger partial charge is 0.330 e. The number of hydrogen-bond acceptors (Lipinski definition) is 5. The molecule has 2 aromatic rings. The SMILES string of the molecule is O=C(/C=C/c1ccccc1[N+](=O)[O-])OCCOc1ccccc1. The molecule has 0 heterocycles. The predicted octanol–water partition coefficient (Wildman–Crippen LogP) is 3.23. The summed E-state index contributed by atoms with van der Waals surface area (Å²) in [6.07, 6.45) is 2.52. The standard InChI is InChI=1S/C17H15NO5/c19-17(23-13-12-22-15-7-2-1-3-8-15)11-10-14-6-4-5-9-16(14)18(20)21/h1-11H,12-13H2/b11-10+. The number of ether oxygens (including phenoxy) is 2. The minimum absolute atomic E-state index is 0.0658. The van der Waals surface area contributed by atoms with Crippen LogP contribution in [0.4, 0.5) is 5.69 Å². The number of para-hydroxylation sites is 2. The maximum absolute atomic E-state index is 11.6. The van der Waals surface area contributed by atoms with E-state index in [1.807, 2.05) is 18.2 Å². The Labute approximate surface area is 133 Å². The van der Waals surface area contributed by atoms with E-state index in [0.717, 1.165) is 6.08 Å². The topological polar surface area (TPSA) is 78.7 Å². The van der Waals surface area contributed by atoms with Gasteiger partial charge in [-0.3, -0.25) is 10.1 Å². The molecule has 6 heteroatoms. The fourth-order valence-corrected chi connectivity index (χ4v) is 1.82. The molecule has 0 spiro atoms. The van der Waals surface area contributed by atoms with Crippen LogP contribution >= 0.6 is 0 Å². The molecule has 0 saturated carbocycles. The summed E-state index contributed by atoms with van der Waals surface area (Å²) >= 11 is 0. The lowest BCUT2D eigenvalue weighted by Crippen LogP contribution is -2.10. The highest BCUT2D eigenvalue weighted by molar-refractivity contribution is 5.87. The third-order valence-corrected chi connectivity index (χ3v) is 2.87. The van der Waals surface area contributed by atoms with Gasteiger partial charge in [0.2, 0.25) is 0 Å². The molecule has 0 aromatic heterocycles. The Morgan fingerprint density at radius 1 is 1.04 bits per heavy atom. The second-order valence-electron chi connectivity index (χ2n) is 4.48. The van der Waals surface area contributed by atoms with Crippen LogP contribution < -0.4 is 4.74 Å². The van der Waals surface area contributed by atoms with Gasteiger partial charge in [0.1, 0.15) is 19.0 Å². The van der Waals surface area contributed by atoms with Gasteiger partial charge in [0.05, 0.1) is 10.5 Å². The predicted molar refractivity (Wildman–Crippen MR) is 85.0 cm³/mol. The van der Waals surface area contributed by atoms with E-state index in [1.165, 1.54) is 12.1 Å². The van der Waals surface area contributed by atoms with Crippen LogP contribution in [0.3, 0.4) is 0 Å². The van der Waals surface area contributed by atoms with E-state index < -0.39 is 10.9 Å². The van der Waals surface area contributed by atoms with Gasteiger partial charge in [-0.15, -0.1) is 0 Å². The van der Waals surface area contributed by atoms with Crippen molar-refractivity contribution in [2.45, 2.75) is 0 Å². The molecule has 23 heavy (non-hydrogen) atoms. The molecule has 0 fully saturated rings. The number of nitrogens with zero attached hydrogens (tertiary/aromatic N) is 1. The molecule has 6 nitrogen and oxygen atoms in total. The summed E-state index contributed by atoms with van der Waals surface area (Å²) in [5, 5.41) is 10.9. The molecule has 0 aliphatic rings. The zero-order valence-corrected chi connectivity index (χ0v) is 12.3. The quantitative estimate of drug-likeness (QED) is 0.258. The average Bonchev–Trinajstić information content (AvgIpc) is 2.58. The number of rotatable bonds is 7. The van der Waals surface area contributed by atoms with E-state index in [0.29, 0.717) is 11.3 Å². The number of nitro benzene ring substituents is 1. The lowest BCUT2D eigenvalue weighted by Gasteiger charge is -2.05. The van der Waals surface area contributed by atoms with Gasteiger partial charge < -0.3 is 9.47 Å². The van der Waals surface area contributed by atoms with Gasteiger partial charge in [-0.1, -0.05) is 30.3 Å². The first kappa shape index (κ1) is 16.2. The van der Waals surface area contributed by atoms with Crippen LogP contribution in [0.5, 0.6) is 5.75 Å². The molecule has 2 rings (SSSR count). The first-order chi connectivity index (χ1) is 11.2. The normalized spacial score (nSPS) is 10.4. The van der Waals surface area contributed by atoms with E-state index in [9.17, 15) is 14.9 Å². The first-order valence-corrected chi connectivity index (χ1v) is 6.93. The zero-order chi connectivity index (χ0) is 16.5. The van der Waals surface area contributed by atoms with E-state index >= 15 is 0 Å². The second-order valence-corrected chi connectivity index (χ2v) is 4.48. The summed E-state index contributed by atoms with van der Waals surface area (Å²) in [6, 6.07) is 15.3. The Hall–Kier alpha value is -3.15. The van der Waals surface area contributed by atoms with Crippen molar-refractivity contribution in [1.82, 2.24) is 0 Å². The maximum atomic E-state index is 11.6. The van der Waals surface area contributed by atoms with Crippen LogP contribution in [0.15, 0.2) is 60.7 Å². The zero-order valence-electron chi connectivity index (χ0n) is 12.3. The van der Waals surface area contributed by atoms with Crippen molar-refractivity contribution >= 4 is 17.7 Å². The van der Waals surface area contributed by atoms with Gasteiger partial charge in [-0.2, -0.15) is 0 Å². The summed E-state index contributed by atoms with van der Waals surface area (Å²) < 4.78 is 10.3. The number of hydrogen-bond donors (Lipinski definition) is 0. The summed E-state index contributed by atoms with van der Waals surface area (Å²) in [7, 11) is 0. The lowest BCUT2D eigenvalue weighted by atomic mass is 10.1. The first-order valence-electron chi connectivity index (χ1n) is 6.93. The van der Waals surface area contributed by atoms with Crippen molar-refractivity contribution in [3.05, 3.63) is 76.4 Å². The van der Waals surface area contributed by atoms with Gasteiger partial charge in [0, 0.05) is 12.1 Å². The van der Waals surface area contributed by atoms with Crippen LogP contribution in [0.25, 0.3) is 6.08 Å². The number of benzene rings is 2. The summed E-state index contributed by atoms with van der Waals surface area (Å²) in [4.78, 5) is 21.9. The van der Waals surface area contributed by atoms with Crippen LogP contribution in [0.1, 0.15) is 5.56 Å². The summed E-state index contributed by atoms with van der Waals surface area (Å²) in [5.41, 5.74) is 0.277. The van der Waals surface area contributed by atoms with E-state index in [2.05, 4.69) is 0 Å². The van der Waals surface area contributed by atoms with Gasteiger partial charge in [-0.25, -0.2) is 4.79 Å². The summed E-state index contributed by atoms with van der Waals surface area (Å²) in [6.45, 7) is 0.323. The molecular weight excluding hydrogens is 298 g/mol.